The number of fused-ring (bicyclic) bond motifs is 2. The molecule has 0 unspecified atom stereocenters. The minimum absolute atomic E-state index is 1.07. The lowest BCUT2D eigenvalue weighted by Gasteiger charge is -2.09. The molecule has 1 nitrogen and oxygen atoms in total. The lowest BCUT2D eigenvalue weighted by Crippen LogP contribution is -2.05. The van der Waals surface area contributed by atoms with Gasteiger partial charge in [0.1, 0.15) is 0 Å². The highest BCUT2D eigenvalue weighted by Gasteiger charge is 2.22. The van der Waals surface area contributed by atoms with Crippen molar-refractivity contribution in [2.45, 2.75) is 0 Å². The summed E-state index contributed by atoms with van der Waals surface area (Å²) < 4.78 is 0. The third kappa shape index (κ3) is 1.19. The fourth-order valence-electron chi connectivity index (χ4n) is 2.47. The van der Waals surface area contributed by atoms with Gasteiger partial charge in [-0.2, -0.15) is 0 Å². The van der Waals surface area contributed by atoms with Crippen molar-refractivity contribution < 1.29 is 0 Å². The van der Waals surface area contributed by atoms with Crippen LogP contribution in [-0.2, 0) is 0 Å². The molecule has 4 rings (SSSR count). The minimum Gasteiger partial charge on any atom is -0.248 e. The van der Waals surface area contributed by atoms with Crippen molar-refractivity contribution in [2.75, 3.05) is 0 Å². The van der Waals surface area contributed by atoms with Gasteiger partial charge in [0, 0.05) is 11.1 Å². The van der Waals surface area contributed by atoms with E-state index in [1.54, 1.807) is 0 Å². The van der Waals surface area contributed by atoms with Crippen molar-refractivity contribution in [1.82, 2.24) is 5.32 Å². The van der Waals surface area contributed by atoms with E-state index < -0.39 is 0 Å². The Labute approximate surface area is 100 Å². The molecule has 0 atom stereocenters. The van der Waals surface area contributed by atoms with Gasteiger partial charge in [-0.15, -0.1) is 0 Å². The molecule has 0 bridgehead atoms. The van der Waals surface area contributed by atoms with E-state index in [1.165, 1.54) is 22.3 Å². The Balaban J connectivity index is 1.58. The first kappa shape index (κ1) is 8.82. The molecule has 0 saturated carbocycles. The van der Waals surface area contributed by atoms with Crippen LogP contribution in [0.4, 0.5) is 0 Å². The fourth-order valence-corrected chi connectivity index (χ4v) is 2.47. The second-order valence-corrected chi connectivity index (χ2v) is 4.34. The SMILES string of the molecule is C1=CC2=CC=C([N]C3=CC=C4C=CC=C43)C2=C1. The Kier molecular flexibility index (Phi) is 1.61. The van der Waals surface area contributed by atoms with E-state index in [4.69, 9.17) is 5.32 Å². The monoisotopic (exact) mass is 216 g/mol. The van der Waals surface area contributed by atoms with Crippen molar-refractivity contribution in [3.05, 3.63) is 94.4 Å². The fraction of sp³-hybridized carbons (Fsp3) is 0. The highest BCUT2D eigenvalue weighted by Crippen LogP contribution is 2.35. The maximum Gasteiger partial charge on any atom is 0.0715 e. The summed E-state index contributed by atoms with van der Waals surface area (Å²) in [6.45, 7) is 0. The molecule has 0 aliphatic heterocycles. The zero-order chi connectivity index (χ0) is 11.2. The van der Waals surface area contributed by atoms with Crippen LogP contribution in [0.25, 0.3) is 0 Å². The average molecular weight is 216 g/mol. The Hall–Kier alpha value is -2.28. The van der Waals surface area contributed by atoms with Gasteiger partial charge in [0.25, 0.3) is 0 Å². The van der Waals surface area contributed by atoms with Gasteiger partial charge in [0.2, 0.25) is 0 Å². The summed E-state index contributed by atoms with van der Waals surface area (Å²) in [6, 6.07) is 0. The Bertz CT molecular complexity index is 598. The molecule has 1 radical (unpaired) electrons. The van der Waals surface area contributed by atoms with Gasteiger partial charge in [-0.1, -0.05) is 48.6 Å². The zero-order valence-electron chi connectivity index (χ0n) is 9.22. The molecule has 1 heteroatoms. The summed E-state index contributed by atoms with van der Waals surface area (Å²) in [6.07, 6.45) is 21.1. The van der Waals surface area contributed by atoms with Gasteiger partial charge < -0.3 is 0 Å². The molecule has 0 spiro atoms. The summed E-state index contributed by atoms with van der Waals surface area (Å²) in [5.41, 5.74) is 7.16. The lowest BCUT2D eigenvalue weighted by atomic mass is 10.1. The summed E-state index contributed by atoms with van der Waals surface area (Å²) >= 11 is 0. The third-order valence-corrected chi connectivity index (χ3v) is 3.33. The molecule has 17 heavy (non-hydrogen) atoms. The molecular formula is C16H10N. The quantitative estimate of drug-likeness (QED) is 0.673. The van der Waals surface area contributed by atoms with E-state index >= 15 is 0 Å². The summed E-state index contributed by atoms with van der Waals surface area (Å²) in [5, 5.41) is 4.76. The van der Waals surface area contributed by atoms with Crippen LogP contribution in [0, 0.1) is 0 Å². The van der Waals surface area contributed by atoms with Crippen LogP contribution in [0.5, 0.6) is 0 Å². The molecule has 79 valence electrons. The number of allylic oxidation sites excluding steroid dienone is 12. The zero-order valence-corrected chi connectivity index (χ0v) is 9.22. The lowest BCUT2D eigenvalue weighted by molar-refractivity contribution is 1.00. The van der Waals surface area contributed by atoms with E-state index in [0.717, 1.165) is 11.4 Å². The minimum atomic E-state index is 1.07. The number of hydrogen-bond donors (Lipinski definition) is 0. The van der Waals surface area contributed by atoms with Crippen molar-refractivity contribution >= 4 is 0 Å². The maximum absolute atomic E-state index is 4.76. The standard InChI is InChI=1S/C16H10N/c1-3-11-7-9-15(13(11)5-1)17-16-10-8-12-4-2-6-14(12)16/h1-10H. The van der Waals surface area contributed by atoms with E-state index in [-0.39, 0.29) is 0 Å². The molecule has 0 N–H and O–H groups in total. The second kappa shape index (κ2) is 3.11. The highest BCUT2D eigenvalue weighted by molar-refractivity contribution is 5.68. The largest absolute Gasteiger partial charge is 0.248 e. The molecule has 4 aliphatic rings. The second-order valence-electron chi connectivity index (χ2n) is 4.34. The smallest absolute Gasteiger partial charge is 0.0715 e. The Morgan fingerprint density at radius 3 is 1.65 bits per heavy atom. The van der Waals surface area contributed by atoms with E-state index in [1.807, 2.05) is 0 Å². The van der Waals surface area contributed by atoms with Gasteiger partial charge in [-0.25, -0.2) is 5.32 Å². The van der Waals surface area contributed by atoms with Gasteiger partial charge in [0.15, 0.2) is 0 Å². The van der Waals surface area contributed by atoms with E-state index in [0.29, 0.717) is 0 Å². The van der Waals surface area contributed by atoms with Crippen LogP contribution >= 0.6 is 0 Å². The third-order valence-electron chi connectivity index (χ3n) is 3.33. The van der Waals surface area contributed by atoms with Crippen LogP contribution in [0.3, 0.4) is 0 Å². The number of hydrogen-bond acceptors (Lipinski definition) is 0. The summed E-state index contributed by atoms with van der Waals surface area (Å²) in [7, 11) is 0. The van der Waals surface area contributed by atoms with E-state index in [2.05, 4.69) is 60.8 Å². The van der Waals surface area contributed by atoms with Crippen molar-refractivity contribution in [1.29, 1.82) is 0 Å². The van der Waals surface area contributed by atoms with Crippen LogP contribution in [0.15, 0.2) is 94.4 Å². The van der Waals surface area contributed by atoms with Gasteiger partial charge >= 0.3 is 0 Å². The van der Waals surface area contributed by atoms with Crippen LogP contribution in [-0.4, -0.2) is 0 Å². The summed E-state index contributed by atoms with van der Waals surface area (Å²) in [5.74, 6) is 0. The first-order valence-electron chi connectivity index (χ1n) is 5.76. The van der Waals surface area contributed by atoms with Crippen LogP contribution in [0.2, 0.25) is 0 Å². The summed E-state index contributed by atoms with van der Waals surface area (Å²) in [4.78, 5) is 0. The van der Waals surface area contributed by atoms with Gasteiger partial charge in [0.05, 0.1) is 11.4 Å². The van der Waals surface area contributed by atoms with E-state index in [9.17, 15) is 0 Å². The molecule has 0 aromatic heterocycles. The number of nitrogens with zero attached hydrogens (tertiary/aromatic N) is 1. The van der Waals surface area contributed by atoms with Crippen molar-refractivity contribution in [3.8, 4) is 0 Å². The topological polar surface area (TPSA) is 14.1 Å². The van der Waals surface area contributed by atoms with Crippen LogP contribution < -0.4 is 5.32 Å². The molecule has 0 amide bonds. The molecule has 0 aromatic rings. The van der Waals surface area contributed by atoms with Crippen molar-refractivity contribution in [2.24, 2.45) is 0 Å². The van der Waals surface area contributed by atoms with Gasteiger partial charge in [-0.3, -0.25) is 0 Å². The van der Waals surface area contributed by atoms with Crippen LogP contribution in [0.1, 0.15) is 0 Å². The molecular weight excluding hydrogens is 206 g/mol. The predicted octanol–water partition coefficient (Wildman–Crippen LogP) is 3.23. The molecule has 0 fully saturated rings. The Morgan fingerprint density at radius 1 is 0.588 bits per heavy atom. The maximum atomic E-state index is 4.76. The predicted molar refractivity (Wildman–Crippen MR) is 68.9 cm³/mol. The first-order valence-corrected chi connectivity index (χ1v) is 5.76. The molecule has 0 saturated heterocycles. The van der Waals surface area contributed by atoms with Gasteiger partial charge in [-0.05, 0) is 23.3 Å². The van der Waals surface area contributed by atoms with Crippen molar-refractivity contribution in [3.63, 3.8) is 0 Å². The first-order chi connectivity index (χ1) is 8.42. The average Bonchev–Trinajstić information content (AvgIpc) is 3.03. The normalized spacial score (nSPS) is 22.6. The molecule has 0 heterocycles. The molecule has 0 aromatic carbocycles. The molecule has 4 aliphatic carbocycles. The number of rotatable bonds is 2. The highest BCUT2D eigenvalue weighted by atomic mass is 14.9. The Morgan fingerprint density at radius 2 is 1.12 bits per heavy atom.